The minimum Gasteiger partial charge on any atom is -0.466 e. The molecule has 2 aliphatic heterocycles. The minimum atomic E-state index is -0.596. The molecule has 2 aliphatic rings. The van der Waals surface area contributed by atoms with Crippen LogP contribution in [0.3, 0.4) is 0 Å². The van der Waals surface area contributed by atoms with E-state index in [0.717, 1.165) is 23.4 Å². The maximum atomic E-state index is 12.3. The molecule has 2 heterocycles. The maximum Gasteiger partial charge on any atom is 0.355 e. The Morgan fingerprint density at radius 2 is 1.96 bits per heavy atom. The molecule has 1 N–H and O–H groups in total. The smallest absolute Gasteiger partial charge is 0.355 e. The van der Waals surface area contributed by atoms with Gasteiger partial charge < -0.3 is 24.4 Å². The highest BCUT2D eigenvalue weighted by Gasteiger charge is 2.33. The van der Waals surface area contributed by atoms with Crippen molar-refractivity contribution in [3.8, 4) is 0 Å². The number of nitrogens with zero attached hydrogens (tertiary/aromatic N) is 1. The van der Waals surface area contributed by atoms with Crippen molar-refractivity contribution in [3.05, 3.63) is 40.6 Å². The molecule has 0 amide bonds. The number of benzene rings is 1. The molecule has 0 aromatic heterocycles. The Bertz CT molecular complexity index is 683. The lowest BCUT2D eigenvalue weighted by Gasteiger charge is -2.32. The van der Waals surface area contributed by atoms with Gasteiger partial charge in [0, 0.05) is 18.8 Å². The van der Waals surface area contributed by atoms with E-state index >= 15 is 0 Å². The topological polar surface area (TPSA) is 77.1 Å². The zero-order chi connectivity index (χ0) is 16.4. The number of rotatable bonds is 3. The van der Waals surface area contributed by atoms with Crippen molar-refractivity contribution < 1.29 is 23.8 Å². The van der Waals surface area contributed by atoms with Crippen LogP contribution in [-0.2, 0) is 36.9 Å². The summed E-state index contributed by atoms with van der Waals surface area (Å²) >= 11 is 0. The maximum absolute atomic E-state index is 12.3. The van der Waals surface area contributed by atoms with Crippen LogP contribution in [0.2, 0.25) is 0 Å². The molecule has 0 unspecified atom stereocenters. The summed E-state index contributed by atoms with van der Waals surface area (Å²) in [5.41, 5.74) is 3.41. The van der Waals surface area contributed by atoms with Crippen molar-refractivity contribution in [2.24, 2.45) is 0 Å². The molecule has 0 fully saturated rings. The number of fused-ring (bicyclic) bond motifs is 1. The molecule has 0 aliphatic carbocycles. The average molecular weight is 318 g/mol. The molecule has 0 atom stereocenters. The second-order valence-corrected chi connectivity index (χ2v) is 5.23. The molecular weight excluding hydrogens is 300 g/mol. The van der Waals surface area contributed by atoms with Crippen molar-refractivity contribution in [1.82, 2.24) is 5.32 Å². The van der Waals surface area contributed by atoms with E-state index in [9.17, 15) is 9.59 Å². The van der Waals surface area contributed by atoms with Crippen molar-refractivity contribution in [2.75, 3.05) is 32.5 Å². The van der Waals surface area contributed by atoms with E-state index in [1.807, 2.05) is 18.2 Å². The Balaban J connectivity index is 2.12. The SMILES string of the molecule is COC(=O)C1=C(C(=O)OC)N(c2cccc3c2CNC3)COC1. The summed E-state index contributed by atoms with van der Waals surface area (Å²) < 4.78 is 15.1. The van der Waals surface area contributed by atoms with Gasteiger partial charge in [0.1, 0.15) is 12.4 Å². The number of hydrogen-bond donors (Lipinski definition) is 1. The quantitative estimate of drug-likeness (QED) is 0.821. The van der Waals surface area contributed by atoms with Gasteiger partial charge in [0.05, 0.1) is 26.4 Å². The van der Waals surface area contributed by atoms with E-state index in [1.165, 1.54) is 14.2 Å². The van der Waals surface area contributed by atoms with E-state index in [0.29, 0.717) is 6.54 Å². The molecule has 1 aromatic rings. The highest BCUT2D eigenvalue weighted by atomic mass is 16.5. The normalized spacial score (nSPS) is 17.0. The number of hydrogen-bond acceptors (Lipinski definition) is 7. The molecule has 7 nitrogen and oxygen atoms in total. The van der Waals surface area contributed by atoms with Gasteiger partial charge in [-0.25, -0.2) is 9.59 Å². The summed E-state index contributed by atoms with van der Waals surface area (Å²) in [6.45, 7) is 1.66. The van der Waals surface area contributed by atoms with Crippen LogP contribution >= 0.6 is 0 Å². The van der Waals surface area contributed by atoms with Gasteiger partial charge >= 0.3 is 11.9 Å². The molecule has 7 heteroatoms. The first-order valence-electron chi connectivity index (χ1n) is 7.24. The zero-order valence-corrected chi connectivity index (χ0v) is 13.0. The van der Waals surface area contributed by atoms with Crippen LogP contribution in [0.1, 0.15) is 11.1 Å². The fraction of sp³-hybridized carbons (Fsp3) is 0.375. The fourth-order valence-electron chi connectivity index (χ4n) is 2.90. The van der Waals surface area contributed by atoms with Gasteiger partial charge in [-0.3, -0.25) is 0 Å². The number of carbonyl (C=O) groups excluding carboxylic acids is 2. The fourth-order valence-corrected chi connectivity index (χ4v) is 2.90. The Morgan fingerprint density at radius 1 is 1.17 bits per heavy atom. The number of nitrogens with one attached hydrogen (secondary N) is 1. The van der Waals surface area contributed by atoms with Gasteiger partial charge in [0.15, 0.2) is 0 Å². The van der Waals surface area contributed by atoms with Gasteiger partial charge in [-0.2, -0.15) is 0 Å². The zero-order valence-electron chi connectivity index (χ0n) is 13.0. The van der Waals surface area contributed by atoms with Crippen LogP contribution in [-0.4, -0.2) is 39.5 Å². The highest BCUT2D eigenvalue weighted by Crippen LogP contribution is 2.33. The summed E-state index contributed by atoms with van der Waals surface area (Å²) in [6, 6.07) is 5.85. The number of carbonyl (C=O) groups is 2. The lowest BCUT2D eigenvalue weighted by molar-refractivity contribution is -0.140. The molecule has 1 aromatic carbocycles. The molecule has 23 heavy (non-hydrogen) atoms. The molecule has 0 spiro atoms. The van der Waals surface area contributed by atoms with E-state index in [1.54, 1.807) is 4.90 Å². The summed E-state index contributed by atoms with van der Waals surface area (Å²) in [4.78, 5) is 26.0. The summed E-state index contributed by atoms with van der Waals surface area (Å²) in [6.07, 6.45) is 0. The van der Waals surface area contributed by atoms with Crippen LogP contribution in [0.15, 0.2) is 29.5 Å². The lowest BCUT2D eigenvalue weighted by atomic mass is 10.1. The lowest BCUT2D eigenvalue weighted by Crippen LogP contribution is -2.39. The molecule has 0 radical (unpaired) electrons. The summed E-state index contributed by atoms with van der Waals surface area (Å²) in [7, 11) is 2.56. The van der Waals surface area contributed by atoms with Crippen LogP contribution in [0.25, 0.3) is 0 Å². The Morgan fingerprint density at radius 3 is 2.70 bits per heavy atom. The van der Waals surface area contributed by atoms with E-state index < -0.39 is 11.9 Å². The van der Waals surface area contributed by atoms with Crippen molar-refractivity contribution >= 4 is 17.6 Å². The van der Waals surface area contributed by atoms with Crippen molar-refractivity contribution in [1.29, 1.82) is 0 Å². The third kappa shape index (κ3) is 2.69. The predicted molar refractivity (Wildman–Crippen MR) is 81.3 cm³/mol. The molecule has 0 saturated heterocycles. The number of esters is 2. The van der Waals surface area contributed by atoms with E-state index in [2.05, 4.69) is 5.32 Å². The second-order valence-electron chi connectivity index (χ2n) is 5.23. The predicted octanol–water partition coefficient (Wildman–Crippen LogP) is 0.684. The van der Waals surface area contributed by atoms with Gasteiger partial charge in [0.25, 0.3) is 0 Å². The Labute approximate surface area is 133 Å². The largest absolute Gasteiger partial charge is 0.466 e. The van der Waals surface area contributed by atoms with E-state index in [4.69, 9.17) is 14.2 Å². The molecule has 0 saturated carbocycles. The summed E-state index contributed by atoms with van der Waals surface area (Å²) in [5.74, 6) is -1.18. The number of methoxy groups -OCH3 is 2. The Hall–Kier alpha value is -2.38. The first kappa shape index (κ1) is 15.5. The minimum absolute atomic E-state index is 0.0148. The third-order valence-corrected chi connectivity index (χ3v) is 3.99. The van der Waals surface area contributed by atoms with Gasteiger partial charge in [0.2, 0.25) is 0 Å². The van der Waals surface area contributed by atoms with Crippen LogP contribution in [0.5, 0.6) is 0 Å². The van der Waals surface area contributed by atoms with Crippen LogP contribution in [0, 0.1) is 0 Å². The van der Waals surface area contributed by atoms with Gasteiger partial charge in [-0.15, -0.1) is 0 Å². The first-order chi connectivity index (χ1) is 11.2. The molecule has 3 rings (SSSR count). The second kappa shape index (κ2) is 6.39. The van der Waals surface area contributed by atoms with E-state index in [-0.39, 0.29) is 24.6 Å². The average Bonchev–Trinajstić information content (AvgIpc) is 3.08. The molecular formula is C16H18N2O5. The van der Waals surface area contributed by atoms with Crippen molar-refractivity contribution in [3.63, 3.8) is 0 Å². The van der Waals surface area contributed by atoms with Crippen LogP contribution < -0.4 is 10.2 Å². The van der Waals surface area contributed by atoms with Gasteiger partial charge in [-0.05, 0) is 17.2 Å². The number of ether oxygens (including phenoxy) is 3. The van der Waals surface area contributed by atoms with Crippen LogP contribution in [0.4, 0.5) is 5.69 Å². The number of anilines is 1. The molecule has 0 bridgehead atoms. The monoisotopic (exact) mass is 318 g/mol. The standard InChI is InChI=1S/C16H18N2O5/c1-21-15(19)12-8-23-9-18(14(12)16(20)22-2)13-5-3-4-10-6-17-7-11(10)13/h3-5,17H,6-9H2,1-2H3. The Kier molecular flexibility index (Phi) is 4.31. The van der Waals surface area contributed by atoms with Gasteiger partial charge in [-0.1, -0.05) is 12.1 Å². The highest BCUT2D eigenvalue weighted by molar-refractivity contribution is 6.03. The van der Waals surface area contributed by atoms with Crippen molar-refractivity contribution in [2.45, 2.75) is 13.1 Å². The molecule has 122 valence electrons. The summed E-state index contributed by atoms with van der Waals surface area (Å²) in [5, 5.41) is 3.28. The third-order valence-electron chi connectivity index (χ3n) is 3.99. The first-order valence-corrected chi connectivity index (χ1v) is 7.24.